The van der Waals surface area contributed by atoms with Crippen molar-refractivity contribution in [3.05, 3.63) is 46.6 Å². The standard InChI is InChI=1S/C15H18ClN3O2/c1-21-8-2-7-18-11-13(9-17)15(20)19-10-12-3-5-14(16)6-4-12/h3-6,11,18H,2,7-8,10H2,1H3,(H,19,20)/b13-11-. The fraction of sp³-hybridized carbons (Fsp3) is 0.333. The number of nitrogens with one attached hydrogen (secondary N) is 2. The highest BCUT2D eigenvalue weighted by Crippen LogP contribution is 2.09. The molecule has 0 saturated carbocycles. The molecule has 5 nitrogen and oxygen atoms in total. The van der Waals surface area contributed by atoms with Gasteiger partial charge in [-0.25, -0.2) is 0 Å². The van der Waals surface area contributed by atoms with E-state index in [4.69, 9.17) is 21.6 Å². The van der Waals surface area contributed by atoms with Gasteiger partial charge in [0.1, 0.15) is 11.6 Å². The number of nitrogens with zero attached hydrogens (tertiary/aromatic N) is 1. The summed E-state index contributed by atoms with van der Waals surface area (Å²) >= 11 is 5.78. The van der Waals surface area contributed by atoms with Crippen molar-refractivity contribution in [3.63, 3.8) is 0 Å². The molecule has 0 unspecified atom stereocenters. The first kappa shape index (κ1) is 17.0. The molecular formula is C15H18ClN3O2. The van der Waals surface area contributed by atoms with Gasteiger partial charge < -0.3 is 15.4 Å². The third-order valence-electron chi connectivity index (χ3n) is 2.65. The van der Waals surface area contributed by atoms with E-state index >= 15 is 0 Å². The molecule has 0 bridgehead atoms. The predicted octanol–water partition coefficient (Wildman–Crippen LogP) is 1.99. The topological polar surface area (TPSA) is 74.1 Å². The summed E-state index contributed by atoms with van der Waals surface area (Å²) in [7, 11) is 1.63. The molecule has 1 rings (SSSR count). The zero-order chi connectivity index (χ0) is 15.5. The lowest BCUT2D eigenvalue weighted by Crippen LogP contribution is -2.25. The van der Waals surface area contributed by atoms with E-state index in [0.717, 1.165) is 12.0 Å². The average Bonchev–Trinajstić information content (AvgIpc) is 2.50. The van der Waals surface area contributed by atoms with Crippen LogP contribution in [-0.2, 0) is 16.1 Å². The molecule has 2 N–H and O–H groups in total. The van der Waals surface area contributed by atoms with Gasteiger partial charge >= 0.3 is 0 Å². The molecular weight excluding hydrogens is 290 g/mol. The number of hydrogen-bond donors (Lipinski definition) is 2. The number of carbonyl (C=O) groups is 1. The van der Waals surface area contributed by atoms with Crippen LogP contribution in [0.25, 0.3) is 0 Å². The van der Waals surface area contributed by atoms with Gasteiger partial charge in [0.05, 0.1) is 0 Å². The van der Waals surface area contributed by atoms with Crippen LogP contribution in [-0.4, -0.2) is 26.2 Å². The van der Waals surface area contributed by atoms with Gasteiger partial charge in [-0.05, 0) is 24.1 Å². The Morgan fingerprint density at radius 1 is 1.43 bits per heavy atom. The summed E-state index contributed by atoms with van der Waals surface area (Å²) in [5.74, 6) is -0.410. The van der Waals surface area contributed by atoms with Crippen LogP contribution < -0.4 is 10.6 Å². The second-order valence-corrected chi connectivity index (χ2v) is 4.72. The molecule has 0 aromatic heterocycles. The molecule has 0 fully saturated rings. The summed E-state index contributed by atoms with van der Waals surface area (Å²) in [6.07, 6.45) is 2.23. The quantitative estimate of drug-likeness (QED) is 0.437. The Morgan fingerprint density at radius 2 is 2.14 bits per heavy atom. The molecule has 112 valence electrons. The first-order valence-electron chi connectivity index (χ1n) is 6.52. The van der Waals surface area contributed by atoms with E-state index in [1.165, 1.54) is 6.20 Å². The second-order valence-electron chi connectivity index (χ2n) is 4.28. The molecule has 0 aliphatic heterocycles. The van der Waals surface area contributed by atoms with E-state index in [2.05, 4.69) is 10.6 Å². The zero-order valence-corrected chi connectivity index (χ0v) is 12.6. The second kappa shape index (κ2) is 9.81. The fourth-order valence-corrected chi connectivity index (χ4v) is 1.65. The summed E-state index contributed by atoms with van der Waals surface area (Å²) in [4.78, 5) is 11.8. The summed E-state index contributed by atoms with van der Waals surface area (Å²) in [5.41, 5.74) is 0.958. The molecule has 1 aromatic rings. The van der Waals surface area contributed by atoms with E-state index in [9.17, 15) is 4.79 Å². The van der Waals surface area contributed by atoms with Crippen molar-refractivity contribution in [2.45, 2.75) is 13.0 Å². The van der Waals surface area contributed by atoms with Gasteiger partial charge in [-0.3, -0.25) is 4.79 Å². The van der Waals surface area contributed by atoms with E-state index in [-0.39, 0.29) is 5.57 Å². The monoisotopic (exact) mass is 307 g/mol. The van der Waals surface area contributed by atoms with Gasteiger partial charge in [-0.15, -0.1) is 0 Å². The van der Waals surface area contributed by atoms with E-state index < -0.39 is 5.91 Å². The lowest BCUT2D eigenvalue weighted by Gasteiger charge is -2.05. The summed E-state index contributed by atoms with van der Waals surface area (Å²) in [5, 5.41) is 15.2. The van der Waals surface area contributed by atoms with Crippen molar-refractivity contribution >= 4 is 17.5 Å². The molecule has 21 heavy (non-hydrogen) atoms. The maximum Gasteiger partial charge on any atom is 0.263 e. The Morgan fingerprint density at radius 3 is 2.76 bits per heavy atom. The third-order valence-corrected chi connectivity index (χ3v) is 2.90. The summed E-state index contributed by atoms with van der Waals surface area (Å²) in [6, 6.07) is 9.02. The molecule has 0 aliphatic rings. The molecule has 6 heteroatoms. The van der Waals surface area contributed by atoms with Gasteiger partial charge in [0, 0.05) is 38.0 Å². The van der Waals surface area contributed by atoms with Crippen LogP contribution in [0.4, 0.5) is 0 Å². The molecule has 0 saturated heterocycles. The molecule has 1 aromatic carbocycles. The summed E-state index contributed by atoms with van der Waals surface area (Å²) < 4.78 is 4.90. The number of rotatable bonds is 8. The largest absolute Gasteiger partial charge is 0.390 e. The number of nitriles is 1. The van der Waals surface area contributed by atoms with Crippen LogP contribution in [0.3, 0.4) is 0 Å². The van der Waals surface area contributed by atoms with Crippen LogP contribution >= 0.6 is 11.6 Å². The maximum absolute atomic E-state index is 11.8. The smallest absolute Gasteiger partial charge is 0.263 e. The van der Waals surface area contributed by atoms with E-state index in [0.29, 0.717) is 24.7 Å². The van der Waals surface area contributed by atoms with Crippen molar-refractivity contribution in [2.75, 3.05) is 20.3 Å². The van der Waals surface area contributed by atoms with Crippen LogP contribution in [0, 0.1) is 11.3 Å². The van der Waals surface area contributed by atoms with Gasteiger partial charge in [-0.2, -0.15) is 5.26 Å². The van der Waals surface area contributed by atoms with Crippen molar-refractivity contribution in [2.24, 2.45) is 0 Å². The van der Waals surface area contributed by atoms with Gasteiger partial charge in [0.2, 0.25) is 0 Å². The lowest BCUT2D eigenvalue weighted by atomic mass is 10.2. The van der Waals surface area contributed by atoms with Crippen molar-refractivity contribution < 1.29 is 9.53 Å². The van der Waals surface area contributed by atoms with Crippen LogP contribution in [0.15, 0.2) is 36.0 Å². The number of hydrogen-bond acceptors (Lipinski definition) is 4. The van der Waals surface area contributed by atoms with Crippen LogP contribution in [0.5, 0.6) is 0 Å². The van der Waals surface area contributed by atoms with Crippen molar-refractivity contribution in [3.8, 4) is 6.07 Å². The number of methoxy groups -OCH3 is 1. The highest BCUT2D eigenvalue weighted by Gasteiger charge is 2.07. The predicted molar refractivity (Wildman–Crippen MR) is 81.5 cm³/mol. The molecule has 1 amide bonds. The maximum atomic E-state index is 11.8. The van der Waals surface area contributed by atoms with Gasteiger partial charge in [0.15, 0.2) is 0 Å². The molecule has 0 aliphatic carbocycles. The minimum absolute atomic E-state index is 0.0429. The van der Waals surface area contributed by atoms with Gasteiger partial charge in [-0.1, -0.05) is 23.7 Å². The summed E-state index contributed by atoms with van der Waals surface area (Å²) in [6.45, 7) is 1.62. The lowest BCUT2D eigenvalue weighted by molar-refractivity contribution is -0.117. The number of halogens is 1. The van der Waals surface area contributed by atoms with E-state index in [1.54, 1.807) is 19.2 Å². The van der Waals surface area contributed by atoms with Crippen LogP contribution in [0.1, 0.15) is 12.0 Å². The fourth-order valence-electron chi connectivity index (χ4n) is 1.52. The first-order chi connectivity index (χ1) is 10.2. The Kier molecular flexibility index (Phi) is 7.95. The molecule has 0 spiro atoms. The number of amides is 1. The number of benzene rings is 1. The minimum atomic E-state index is -0.410. The average molecular weight is 308 g/mol. The first-order valence-corrected chi connectivity index (χ1v) is 6.90. The Labute approximate surface area is 129 Å². The van der Waals surface area contributed by atoms with Crippen LogP contribution in [0.2, 0.25) is 5.02 Å². The van der Waals surface area contributed by atoms with Crippen molar-refractivity contribution in [1.29, 1.82) is 5.26 Å². The zero-order valence-electron chi connectivity index (χ0n) is 11.9. The third kappa shape index (κ3) is 6.80. The molecule has 0 radical (unpaired) electrons. The van der Waals surface area contributed by atoms with E-state index in [1.807, 2.05) is 18.2 Å². The highest BCUT2D eigenvalue weighted by atomic mass is 35.5. The number of ether oxygens (including phenoxy) is 1. The SMILES string of the molecule is COCCCN/C=C(/C#N)C(=O)NCc1ccc(Cl)cc1. The minimum Gasteiger partial charge on any atom is -0.390 e. The normalized spacial score (nSPS) is 10.8. The number of carbonyl (C=O) groups excluding carboxylic acids is 1. The Balaban J connectivity index is 2.42. The molecule has 0 heterocycles. The highest BCUT2D eigenvalue weighted by molar-refractivity contribution is 6.30. The Bertz CT molecular complexity index is 521. The van der Waals surface area contributed by atoms with Gasteiger partial charge in [0.25, 0.3) is 5.91 Å². The Hall–Kier alpha value is -2.03. The van der Waals surface area contributed by atoms with Crippen molar-refractivity contribution in [1.82, 2.24) is 10.6 Å². The molecule has 0 atom stereocenters.